The number of phosphoric ester groups is 2. The van der Waals surface area contributed by atoms with Gasteiger partial charge in [-0.05, 0) is 51.4 Å². The molecule has 0 aromatic carbocycles. The molecule has 0 aromatic rings. The summed E-state index contributed by atoms with van der Waals surface area (Å²) in [7, 11) is -9.94. The highest BCUT2D eigenvalue weighted by Crippen LogP contribution is 2.45. The van der Waals surface area contributed by atoms with Crippen LogP contribution in [0.5, 0.6) is 0 Å². The van der Waals surface area contributed by atoms with E-state index in [2.05, 4.69) is 52.0 Å². The van der Waals surface area contributed by atoms with E-state index in [0.717, 1.165) is 103 Å². The molecule has 0 aromatic heterocycles. The topological polar surface area (TPSA) is 237 Å². The quantitative estimate of drug-likeness (QED) is 0.0169. The van der Waals surface area contributed by atoms with E-state index >= 15 is 0 Å². The molecule has 0 heterocycles. The van der Waals surface area contributed by atoms with Crippen molar-refractivity contribution >= 4 is 39.5 Å². The molecule has 0 fully saturated rings. The zero-order valence-electron chi connectivity index (χ0n) is 68.9. The minimum atomic E-state index is -4.97. The lowest BCUT2D eigenvalue weighted by Crippen LogP contribution is -2.30. The third kappa shape index (κ3) is 79.6. The SMILES string of the molecule is CCCCCC/C=C\C=C/CCCCCCCC(=O)O[C@H](COC(=O)CCCCCCCCCCCCCCC)COP(=O)(O)OC[C@H](O)COP(=O)(O)OC[C@@H](COC(=O)CCCCCCCCCCCCCCCCCCCCC)OC(=O)CCCCCCCCCCCCCCCCCCCCC. The van der Waals surface area contributed by atoms with Crippen LogP contribution in [0.15, 0.2) is 24.3 Å². The summed E-state index contributed by atoms with van der Waals surface area (Å²) in [6, 6.07) is 0. The Bertz CT molecular complexity index is 2090. The van der Waals surface area contributed by atoms with Crippen molar-refractivity contribution in [3.05, 3.63) is 24.3 Å². The average molecular weight is 1550 g/mol. The number of allylic oxidation sites excluding steroid dienone is 4. The highest BCUT2D eigenvalue weighted by Gasteiger charge is 2.30. The number of esters is 4. The van der Waals surface area contributed by atoms with Gasteiger partial charge in [-0.2, -0.15) is 0 Å². The third-order valence-corrected chi connectivity index (χ3v) is 21.9. The van der Waals surface area contributed by atoms with Crippen molar-refractivity contribution in [3.8, 4) is 0 Å². The lowest BCUT2D eigenvalue weighted by atomic mass is 10.0. The van der Waals surface area contributed by atoms with E-state index in [1.54, 1.807) is 0 Å². The van der Waals surface area contributed by atoms with Gasteiger partial charge < -0.3 is 33.8 Å². The molecule has 0 aliphatic rings. The summed E-state index contributed by atoms with van der Waals surface area (Å²) in [5, 5.41) is 10.7. The van der Waals surface area contributed by atoms with Crippen LogP contribution in [0.3, 0.4) is 0 Å². The smallest absolute Gasteiger partial charge is 0.462 e. The first-order valence-electron chi connectivity index (χ1n) is 44.6. The second-order valence-electron chi connectivity index (χ2n) is 30.6. The van der Waals surface area contributed by atoms with Crippen LogP contribution in [-0.2, 0) is 65.4 Å². The van der Waals surface area contributed by atoms with Crippen molar-refractivity contribution in [2.75, 3.05) is 39.6 Å². The van der Waals surface area contributed by atoms with Gasteiger partial charge in [-0.3, -0.25) is 37.3 Å². The standard InChI is InChI=1S/C87H166O17P2/c1-5-9-13-17-21-25-29-33-36-38-40-42-45-48-52-56-60-64-68-72-85(90)98-78-83(104-87(92)74-70-66-62-58-54-50-46-43-41-39-37-34-30-26-22-18-14-10-6-2)80-102-106(95,96)100-76-81(88)75-99-105(93,94)101-79-82(77-97-84(89)71-67-63-59-55-51-47-32-28-24-20-16-12-8-4)103-86(91)73-69-65-61-57-53-49-44-35-31-27-23-19-15-11-7-3/h27,31,35,44,81-83,88H,5-26,28-30,32-34,36-43,45-80H2,1-4H3,(H,93,94)(H,95,96)/b31-27-,44-35-/t81-,82+,83+/m0/s1. The van der Waals surface area contributed by atoms with Crippen LogP contribution < -0.4 is 0 Å². The summed E-state index contributed by atoms with van der Waals surface area (Å²) in [4.78, 5) is 73.3. The van der Waals surface area contributed by atoms with E-state index in [1.165, 1.54) is 270 Å². The number of hydrogen-bond acceptors (Lipinski definition) is 15. The molecule has 0 bridgehead atoms. The highest BCUT2D eigenvalue weighted by molar-refractivity contribution is 7.47. The molecule has 0 aliphatic carbocycles. The Morgan fingerprint density at radius 1 is 0.264 bits per heavy atom. The maximum atomic E-state index is 13.2. The summed E-state index contributed by atoms with van der Waals surface area (Å²) >= 11 is 0. The monoisotopic (exact) mass is 1550 g/mol. The van der Waals surface area contributed by atoms with Crippen LogP contribution in [0.25, 0.3) is 0 Å². The third-order valence-electron chi connectivity index (χ3n) is 20.0. The Hall–Kier alpha value is -2.46. The number of unbranched alkanes of at least 4 members (excludes halogenated alkanes) is 57. The molecule has 0 aliphatic heterocycles. The van der Waals surface area contributed by atoms with Crippen molar-refractivity contribution in [2.45, 2.75) is 470 Å². The van der Waals surface area contributed by atoms with Crippen molar-refractivity contribution < 1.29 is 80.2 Å². The van der Waals surface area contributed by atoms with E-state index < -0.39 is 97.5 Å². The maximum Gasteiger partial charge on any atom is 0.472 e. The lowest BCUT2D eigenvalue weighted by molar-refractivity contribution is -0.161. The van der Waals surface area contributed by atoms with Gasteiger partial charge >= 0.3 is 39.5 Å². The Morgan fingerprint density at radius 3 is 0.689 bits per heavy atom. The van der Waals surface area contributed by atoms with Gasteiger partial charge in [-0.1, -0.05) is 399 Å². The van der Waals surface area contributed by atoms with Gasteiger partial charge in [-0.25, -0.2) is 9.13 Å². The number of aliphatic hydroxyl groups excluding tert-OH is 1. The van der Waals surface area contributed by atoms with Crippen LogP contribution in [0, 0.1) is 0 Å². The molecule has 0 amide bonds. The molecule has 106 heavy (non-hydrogen) atoms. The molecule has 626 valence electrons. The summed E-state index contributed by atoms with van der Waals surface area (Å²) in [6.45, 7) is 5.00. The first-order chi connectivity index (χ1) is 51.7. The number of carbonyl (C=O) groups excluding carboxylic acids is 4. The first-order valence-corrected chi connectivity index (χ1v) is 47.6. The van der Waals surface area contributed by atoms with Crippen molar-refractivity contribution in [3.63, 3.8) is 0 Å². The van der Waals surface area contributed by atoms with Crippen LogP contribution in [0.4, 0.5) is 0 Å². The predicted molar refractivity (Wildman–Crippen MR) is 437 cm³/mol. The second kappa shape index (κ2) is 80.6. The largest absolute Gasteiger partial charge is 0.472 e. The van der Waals surface area contributed by atoms with Gasteiger partial charge in [0.25, 0.3) is 0 Å². The molecule has 3 N–H and O–H groups in total. The normalized spacial score (nSPS) is 13.8. The van der Waals surface area contributed by atoms with Gasteiger partial charge in [0.2, 0.25) is 0 Å². The van der Waals surface area contributed by atoms with Crippen molar-refractivity contribution in [1.82, 2.24) is 0 Å². The first kappa shape index (κ1) is 104. The lowest BCUT2D eigenvalue weighted by Gasteiger charge is -2.21. The average Bonchev–Trinajstić information content (AvgIpc) is 0.902. The van der Waals surface area contributed by atoms with Crippen LogP contribution in [0.1, 0.15) is 451 Å². The molecule has 19 heteroatoms. The minimum Gasteiger partial charge on any atom is -0.462 e. The molecule has 0 spiro atoms. The van der Waals surface area contributed by atoms with E-state index in [-0.39, 0.29) is 25.7 Å². The summed E-state index contributed by atoms with van der Waals surface area (Å²) in [5.41, 5.74) is 0. The Morgan fingerprint density at radius 2 is 0.453 bits per heavy atom. The number of carbonyl (C=O) groups is 4. The fourth-order valence-corrected chi connectivity index (χ4v) is 14.7. The van der Waals surface area contributed by atoms with E-state index in [1.807, 2.05) is 0 Å². The zero-order valence-corrected chi connectivity index (χ0v) is 70.7. The van der Waals surface area contributed by atoms with E-state index in [4.69, 9.17) is 37.0 Å². The zero-order chi connectivity index (χ0) is 77.4. The number of rotatable bonds is 86. The van der Waals surface area contributed by atoms with E-state index in [0.29, 0.717) is 25.7 Å². The van der Waals surface area contributed by atoms with Gasteiger partial charge in [0, 0.05) is 25.7 Å². The van der Waals surface area contributed by atoms with Gasteiger partial charge in [0.15, 0.2) is 12.2 Å². The molecular weight excluding hydrogens is 1380 g/mol. The fourth-order valence-electron chi connectivity index (χ4n) is 13.2. The van der Waals surface area contributed by atoms with Crippen molar-refractivity contribution in [1.29, 1.82) is 0 Å². The van der Waals surface area contributed by atoms with Gasteiger partial charge in [0.05, 0.1) is 26.4 Å². The predicted octanol–water partition coefficient (Wildman–Crippen LogP) is 26.5. The number of phosphoric acid groups is 2. The fraction of sp³-hybridized carbons (Fsp3) is 0.908. The van der Waals surface area contributed by atoms with Crippen LogP contribution >= 0.6 is 15.6 Å². The van der Waals surface area contributed by atoms with Crippen LogP contribution in [0.2, 0.25) is 0 Å². The van der Waals surface area contributed by atoms with Gasteiger partial charge in [-0.15, -0.1) is 0 Å². The van der Waals surface area contributed by atoms with Gasteiger partial charge in [0.1, 0.15) is 19.3 Å². The number of aliphatic hydroxyl groups is 1. The van der Waals surface area contributed by atoms with E-state index in [9.17, 15) is 43.2 Å². The number of hydrogen-bond donors (Lipinski definition) is 3. The Labute approximate surface area is 650 Å². The molecule has 5 atom stereocenters. The number of ether oxygens (including phenoxy) is 4. The van der Waals surface area contributed by atoms with Crippen molar-refractivity contribution in [2.24, 2.45) is 0 Å². The summed E-state index contributed by atoms with van der Waals surface area (Å²) < 4.78 is 68.9. The van der Waals surface area contributed by atoms with Crippen LogP contribution in [-0.4, -0.2) is 96.7 Å². The minimum absolute atomic E-state index is 0.0862. The Balaban J connectivity index is 5.28. The molecule has 2 unspecified atom stereocenters. The second-order valence-corrected chi connectivity index (χ2v) is 33.5. The molecule has 0 rings (SSSR count). The summed E-state index contributed by atoms with van der Waals surface area (Å²) in [6.07, 6.45) is 78.5. The summed E-state index contributed by atoms with van der Waals surface area (Å²) in [5.74, 6) is -2.13. The molecule has 0 saturated heterocycles. The molecule has 0 radical (unpaired) electrons. The maximum absolute atomic E-state index is 13.2. The highest BCUT2D eigenvalue weighted by atomic mass is 31.2. The molecule has 17 nitrogen and oxygen atoms in total. The molecular formula is C87H166O17P2. The molecule has 0 saturated carbocycles. The Kier molecular flexibility index (Phi) is 78.7.